The van der Waals surface area contributed by atoms with Crippen LogP contribution in [-0.2, 0) is 16.0 Å². The van der Waals surface area contributed by atoms with Gasteiger partial charge in [-0.2, -0.15) is 0 Å². The number of hydrogen-bond donors (Lipinski definition) is 2. The molecule has 0 bridgehead atoms. The Morgan fingerprint density at radius 2 is 2.00 bits per heavy atom. The highest BCUT2D eigenvalue weighted by molar-refractivity contribution is 5.90. The molecule has 0 spiro atoms. The van der Waals surface area contributed by atoms with E-state index in [0.29, 0.717) is 35.1 Å². The van der Waals surface area contributed by atoms with Gasteiger partial charge in [0.25, 0.3) is 0 Å². The minimum absolute atomic E-state index is 0.192. The van der Waals surface area contributed by atoms with E-state index in [-0.39, 0.29) is 12.0 Å². The molecule has 0 aliphatic heterocycles. The van der Waals surface area contributed by atoms with Gasteiger partial charge in [-0.3, -0.25) is 4.79 Å². The van der Waals surface area contributed by atoms with Crippen LogP contribution in [0.1, 0.15) is 36.5 Å². The fraction of sp³-hybridized carbons (Fsp3) is 0.421. The first-order valence-electron chi connectivity index (χ1n) is 8.41. The molecule has 1 atom stereocenters. The minimum atomic E-state index is -1.10. The van der Waals surface area contributed by atoms with Gasteiger partial charge in [0.05, 0.1) is 24.5 Å². The quantitative estimate of drug-likeness (QED) is 0.733. The molecule has 2 rings (SSSR count). The Bertz CT molecular complexity index is 899. The maximum absolute atomic E-state index is 12.3. The Morgan fingerprint density at radius 1 is 1.31 bits per heavy atom. The average Bonchev–Trinajstić information content (AvgIpc) is 2.56. The zero-order valence-corrected chi connectivity index (χ0v) is 15.3. The fourth-order valence-electron chi connectivity index (χ4n) is 2.95. The standard InChI is InChI=1S/C19H23NO6/c1-5-6-13(18(22)23)20-16(21)9-12-11(3)17-14(25-4)7-10(2)8-15(17)26-19(12)24/h7-8,13H,5-6,9H2,1-4H3,(H,20,21)(H,22,23)/t13-/m0/s1. The number of carboxylic acids is 1. The maximum atomic E-state index is 12.3. The Morgan fingerprint density at radius 3 is 2.58 bits per heavy atom. The van der Waals surface area contributed by atoms with Crippen LogP contribution in [0.25, 0.3) is 11.0 Å². The second kappa shape index (κ2) is 8.03. The van der Waals surface area contributed by atoms with Gasteiger partial charge in [-0.05, 0) is 43.5 Å². The summed E-state index contributed by atoms with van der Waals surface area (Å²) in [6.07, 6.45) is 0.680. The summed E-state index contributed by atoms with van der Waals surface area (Å²) in [4.78, 5) is 35.8. The van der Waals surface area contributed by atoms with Crippen LogP contribution in [0.4, 0.5) is 0 Å². The largest absolute Gasteiger partial charge is 0.496 e. The molecule has 1 heterocycles. The van der Waals surface area contributed by atoms with Crippen molar-refractivity contribution in [3.05, 3.63) is 39.2 Å². The summed E-state index contributed by atoms with van der Waals surface area (Å²) in [6.45, 7) is 5.41. The van der Waals surface area contributed by atoms with Crippen LogP contribution in [0, 0.1) is 13.8 Å². The molecule has 0 saturated heterocycles. The number of aryl methyl sites for hydroxylation is 2. The molecule has 0 aliphatic carbocycles. The Balaban J connectivity index is 2.41. The first-order chi connectivity index (χ1) is 12.3. The van der Waals surface area contributed by atoms with E-state index in [2.05, 4.69) is 5.32 Å². The van der Waals surface area contributed by atoms with E-state index in [1.807, 2.05) is 19.9 Å². The molecule has 0 aliphatic rings. The Kier molecular flexibility index (Phi) is 6.02. The van der Waals surface area contributed by atoms with Gasteiger partial charge in [-0.1, -0.05) is 13.3 Å². The molecule has 2 N–H and O–H groups in total. The normalized spacial score (nSPS) is 12.0. The third kappa shape index (κ3) is 4.04. The van der Waals surface area contributed by atoms with Crippen molar-refractivity contribution in [3.63, 3.8) is 0 Å². The highest BCUT2D eigenvalue weighted by Gasteiger charge is 2.22. The summed E-state index contributed by atoms with van der Waals surface area (Å²) in [5.74, 6) is -1.08. The first-order valence-corrected chi connectivity index (χ1v) is 8.41. The van der Waals surface area contributed by atoms with Crippen molar-refractivity contribution in [2.45, 2.75) is 46.1 Å². The third-order valence-electron chi connectivity index (χ3n) is 4.25. The van der Waals surface area contributed by atoms with Crippen LogP contribution in [0.3, 0.4) is 0 Å². The predicted molar refractivity (Wildman–Crippen MR) is 96.7 cm³/mol. The molecular weight excluding hydrogens is 338 g/mol. The predicted octanol–water partition coefficient (Wildman–Crippen LogP) is 2.33. The van der Waals surface area contributed by atoms with Crippen LogP contribution < -0.4 is 15.7 Å². The summed E-state index contributed by atoms with van der Waals surface area (Å²) in [5, 5.41) is 12.2. The number of nitrogens with one attached hydrogen (secondary N) is 1. The van der Waals surface area contributed by atoms with Crippen molar-refractivity contribution in [2.24, 2.45) is 0 Å². The molecule has 140 valence electrons. The molecule has 0 fully saturated rings. The minimum Gasteiger partial charge on any atom is -0.496 e. The van der Waals surface area contributed by atoms with Crippen molar-refractivity contribution < 1.29 is 23.8 Å². The van der Waals surface area contributed by atoms with Gasteiger partial charge in [0, 0.05) is 0 Å². The number of ether oxygens (including phenoxy) is 1. The lowest BCUT2D eigenvalue weighted by molar-refractivity contribution is -0.141. The molecule has 0 unspecified atom stereocenters. The highest BCUT2D eigenvalue weighted by Crippen LogP contribution is 2.30. The summed E-state index contributed by atoms with van der Waals surface area (Å²) in [6, 6.07) is 2.58. The third-order valence-corrected chi connectivity index (χ3v) is 4.25. The SMILES string of the molecule is CCC[C@H](NC(=O)Cc1c(C)c2c(OC)cc(C)cc2oc1=O)C(=O)O. The van der Waals surface area contributed by atoms with Gasteiger partial charge in [0.15, 0.2) is 0 Å². The van der Waals surface area contributed by atoms with Crippen LogP contribution in [0.2, 0.25) is 0 Å². The summed E-state index contributed by atoms with van der Waals surface area (Å²) in [7, 11) is 1.52. The molecular formula is C19H23NO6. The van der Waals surface area contributed by atoms with Crippen molar-refractivity contribution in [1.29, 1.82) is 0 Å². The summed E-state index contributed by atoms with van der Waals surface area (Å²) < 4.78 is 10.7. The summed E-state index contributed by atoms with van der Waals surface area (Å²) in [5.41, 5.74) is 1.44. The number of carbonyl (C=O) groups excluding carboxylic acids is 1. The second-order valence-corrected chi connectivity index (χ2v) is 6.26. The van der Waals surface area contributed by atoms with Gasteiger partial charge in [0.1, 0.15) is 17.4 Å². The number of rotatable bonds is 7. The van der Waals surface area contributed by atoms with Crippen molar-refractivity contribution in [2.75, 3.05) is 7.11 Å². The van der Waals surface area contributed by atoms with Gasteiger partial charge in [-0.25, -0.2) is 9.59 Å². The van der Waals surface area contributed by atoms with Crippen LogP contribution >= 0.6 is 0 Å². The van der Waals surface area contributed by atoms with Gasteiger partial charge in [-0.15, -0.1) is 0 Å². The van der Waals surface area contributed by atoms with E-state index in [1.165, 1.54) is 7.11 Å². The van der Waals surface area contributed by atoms with Crippen LogP contribution in [-0.4, -0.2) is 30.1 Å². The molecule has 0 saturated carbocycles. The van der Waals surface area contributed by atoms with Crippen LogP contribution in [0.5, 0.6) is 5.75 Å². The van der Waals surface area contributed by atoms with Gasteiger partial charge >= 0.3 is 11.6 Å². The Labute approximate surface area is 151 Å². The lowest BCUT2D eigenvalue weighted by Gasteiger charge is -2.15. The molecule has 2 aromatic rings. The lowest BCUT2D eigenvalue weighted by atomic mass is 10.0. The number of benzene rings is 1. The average molecular weight is 361 g/mol. The smallest absolute Gasteiger partial charge is 0.340 e. The number of methoxy groups -OCH3 is 1. The van der Waals surface area contributed by atoms with E-state index >= 15 is 0 Å². The number of hydrogen-bond acceptors (Lipinski definition) is 5. The molecule has 0 radical (unpaired) electrons. The number of fused-ring (bicyclic) bond motifs is 1. The molecule has 7 nitrogen and oxygen atoms in total. The van der Waals surface area contributed by atoms with Crippen molar-refractivity contribution in [3.8, 4) is 5.75 Å². The van der Waals surface area contributed by atoms with E-state index in [9.17, 15) is 14.4 Å². The zero-order chi connectivity index (χ0) is 19.4. The molecule has 1 amide bonds. The van der Waals surface area contributed by atoms with E-state index in [0.717, 1.165) is 5.56 Å². The van der Waals surface area contributed by atoms with E-state index < -0.39 is 23.5 Å². The number of carbonyl (C=O) groups is 2. The highest BCUT2D eigenvalue weighted by atomic mass is 16.5. The van der Waals surface area contributed by atoms with Gasteiger partial charge in [0.2, 0.25) is 5.91 Å². The molecule has 1 aromatic heterocycles. The second-order valence-electron chi connectivity index (χ2n) is 6.26. The lowest BCUT2D eigenvalue weighted by Crippen LogP contribution is -2.41. The molecule has 26 heavy (non-hydrogen) atoms. The van der Waals surface area contributed by atoms with Crippen LogP contribution in [0.15, 0.2) is 21.3 Å². The van der Waals surface area contributed by atoms with Crippen molar-refractivity contribution >= 4 is 22.8 Å². The molecule has 1 aromatic carbocycles. The first kappa shape index (κ1) is 19.5. The monoisotopic (exact) mass is 361 g/mol. The number of amides is 1. The van der Waals surface area contributed by atoms with Crippen molar-refractivity contribution in [1.82, 2.24) is 5.32 Å². The van der Waals surface area contributed by atoms with E-state index in [1.54, 1.807) is 13.0 Å². The fourth-order valence-corrected chi connectivity index (χ4v) is 2.95. The maximum Gasteiger partial charge on any atom is 0.340 e. The number of carboxylic acid groups (broad SMARTS) is 1. The Hall–Kier alpha value is -2.83. The molecule has 7 heteroatoms. The summed E-state index contributed by atoms with van der Waals surface area (Å²) >= 11 is 0. The number of aliphatic carboxylic acids is 1. The topological polar surface area (TPSA) is 106 Å². The zero-order valence-electron chi connectivity index (χ0n) is 15.3. The van der Waals surface area contributed by atoms with Gasteiger partial charge < -0.3 is 19.6 Å². The van der Waals surface area contributed by atoms with E-state index in [4.69, 9.17) is 14.3 Å².